The summed E-state index contributed by atoms with van der Waals surface area (Å²) in [7, 11) is 3.07. The van der Waals surface area contributed by atoms with E-state index in [0.717, 1.165) is 0 Å². The molecule has 0 aliphatic rings. The minimum absolute atomic E-state index is 0.213. The van der Waals surface area contributed by atoms with Gasteiger partial charge in [-0.2, -0.15) is 0 Å². The van der Waals surface area contributed by atoms with Gasteiger partial charge in [0.15, 0.2) is 5.82 Å². The molecule has 0 saturated carbocycles. The van der Waals surface area contributed by atoms with Crippen LogP contribution in [-0.4, -0.2) is 30.0 Å². The fourth-order valence-electron chi connectivity index (χ4n) is 1.50. The first-order valence-corrected chi connectivity index (χ1v) is 5.02. The van der Waals surface area contributed by atoms with E-state index in [1.807, 2.05) is 0 Å². The van der Waals surface area contributed by atoms with Gasteiger partial charge >= 0.3 is 0 Å². The van der Waals surface area contributed by atoms with Gasteiger partial charge in [0, 0.05) is 18.5 Å². The lowest BCUT2D eigenvalue weighted by atomic mass is 10.1. The third-order valence-electron chi connectivity index (χ3n) is 2.37. The third-order valence-corrected chi connectivity index (χ3v) is 2.37. The zero-order chi connectivity index (χ0) is 12.3. The van der Waals surface area contributed by atoms with Crippen LogP contribution in [0.1, 0.15) is 16.2 Å². The highest BCUT2D eigenvalue weighted by Crippen LogP contribution is 2.25. The van der Waals surface area contributed by atoms with Gasteiger partial charge in [-0.15, -0.1) is 0 Å². The number of nitrogens with zero attached hydrogens (tertiary/aromatic N) is 1. The third kappa shape index (κ3) is 2.13. The normalized spacial score (nSPS) is 10.0. The van der Waals surface area contributed by atoms with Gasteiger partial charge in [-0.3, -0.25) is 4.79 Å². The first-order valence-electron chi connectivity index (χ1n) is 5.02. The van der Waals surface area contributed by atoms with Gasteiger partial charge in [0.05, 0.1) is 19.8 Å². The van der Waals surface area contributed by atoms with Crippen molar-refractivity contribution in [1.82, 2.24) is 9.97 Å². The van der Waals surface area contributed by atoms with E-state index in [0.29, 0.717) is 17.1 Å². The van der Waals surface area contributed by atoms with E-state index in [4.69, 9.17) is 9.47 Å². The Morgan fingerprint density at radius 1 is 1.29 bits per heavy atom. The van der Waals surface area contributed by atoms with Crippen LogP contribution in [0.25, 0.3) is 0 Å². The minimum Gasteiger partial charge on any atom is -0.497 e. The summed E-state index contributed by atoms with van der Waals surface area (Å²) in [5.41, 5.74) is 0.447. The standard InChI is InChI=1S/C12H12N2O3/c1-16-8-3-4-9(10(7-8)17-2)11(15)12-13-5-6-14-12/h3-7H,1-2H3,(H,13,14). The van der Waals surface area contributed by atoms with E-state index in [-0.39, 0.29) is 11.6 Å². The van der Waals surface area contributed by atoms with Crippen LogP contribution in [0.15, 0.2) is 30.6 Å². The van der Waals surface area contributed by atoms with Gasteiger partial charge in [-0.25, -0.2) is 4.98 Å². The fourth-order valence-corrected chi connectivity index (χ4v) is 1.50. The summed E-state index contributed by atoms with van der Waals surface area (Å²) >= 11 is 0. The summed E-state index contributed by atoms with van der Waals surface area (Å²) in [6.45, 7) is 0. The molecule has 0 radical (unpaired) electrons. The first kappa shape index (κ1) is 11.2. The number of aromatic amines is 1. The lowest BCUT2D eigenvalue weighted by Gasteiger charge is -2.08. The lowest BCUT2D eigenvalue weighted by molar-refractivity contribution is 0.102. The molecular weight excluding hydrogens is 220 g/mol. The van der Waals surface area contributed by atoms with Crippen molar-refractivity contribution >= 4 is 5.78 Å². The Morgan fingerprint density at radius 2 is 2.12 bits per heavy atom. The van der Waals surface area contributed by atoms with E-state index >= 15 is 0 Å². The molecule has 0 unspecified atom stereocenters. The second-order valence-corrected chi connectivity index (χ2v) is 3.33. The molecule has 17 heavy (non-hydrogen) atoms. The highest BCUT2D eigenvalue weighted by molar-refractivity contribution is 6.08. The number of carbonyl (C=O) groups excluding carboxylic acids is 1. The van der Waals surface area contributed by atoms with E-state index < -0.39 is 0 Å². The van der Waals surface area contributed by atoms with Crippen LogP contribution in [0.2, 0.25) is 0 Å². The van der Waals surface area contributed by atoms with Crippen molar-refractivity contribution in [2.24, 2.45) is 0 Å². The van der Waals surface area contributed by atoms with Gasteiger partial charge in [-0.05, 0) is 12.1 Å². The molecule has 0 bridgehead atoms. The summed E-state index contributed by atoms with van der Waals surface area (Å²) < 4.78 is 10.2. The van der Waals surface area contributed by atoms with Gasteiger partial charge in [0.25, 0.3) is 0 Å². The van der Waals surface area contributed by atoms with Crippen LogP contribution in [0.3, 0.4) is 0 Å². The average Bonchev–Trinajstić information content (AvgIpc) is 2.91. The molecule has 0 fully saturated rings. The zero-order valence-corrected chi connectivity index (χ0v) is 9.56. The minimum atomic E-state index is -0.213. The maximum Gasteiger partial charge on any atom is 0.231 e. The molecule has 2 rings (SSSR count). The molecule has 2 aromatic rings. The summed E-state index contributed by atoms with van der Waals surface area (Å²) in [6.07, 6.45) is 3.13. The Morgan fingerprint density at radius 3 is 2.71 bits per heavy atom. The van der Waals surface area contributed by atoms with Crippen molar-refractivity contribution in [3.05, 3.63) is 42.0 Å². The van der Waals surface area contributed by atoms with Crippen molar-refractivity contribution in [3.63, 3.8) is 0 Å². The molecule has 0 atom stereocenters. The summed E-state index contributed by atoms with van der Waals surface area (Å²) in [4.78, 5) is 18.8. The number of nitrogens with one attached hydrogen (secondary N) is 1. The Balaban J connectivity index is 2.41. The fraction of sp³-hybridized carbons (Fsp3) is 0.167. The predicted octanol–water partition coefficient (Wildman–Crippen LogP) is 1.66. The molecule has 0 amide bonds. The molecule has 88 valence electrons. The average molecular weight is 232 g/mol. The van der Waals surface area contributed by atoms with E-state index in [1.165, 1.54) is 13.3 Å². The monoisotopic (exact) mass is 232 g/mol. The topological polar surface area (TPSA) is 64.2 Å². The zero-order valence-electron chi connectivity index (χ0n) is 9.56. The van der Waals surface area contributed by atoms with Crippen molar-refractivity contribution < 1.29 is 14.3 Å². The van der Waals surface area contributed by atoms with Gasteiger partial charge in [0.2, 0.25) is 5.78 Å². The Bertz CT molecular complexity index is 521. The van der Waals surface area contributed by atoms with Crippen LogP contribution in [0, 0.1) is 0 Å². The molecule has 0 aliphatic carbocycles. The molecule has 1 N–H and O–H groups in total. The number of hydrogen-bond acceptors (Lipinski definition) is 4. The van der Waals surface area contributed by atoms with Crippen LogP contribution >= 0.6 is 0 Å². The Labute approximate surface area is 98.4 Å². The van der Waals surface area contributed by atoms with Gasteiger partial charge < -0.3 is 14.5 Å². The number of ether oxygens (including phenoxy) is 2. The number of ketones is 1. The van der Waals surface area contributed by atoms with E-state index in [2.05, 4.69) is 9.97 Å². The van der Waals surface area contributed by atoms with Gasteiger partial charge in [0.1, 0.15) is 11.5 Å². The van der Waals surface area contributed by atoms with Crippen molar-refractivity contribution in [1.29, 1.82) is 0 Å². The second-order valence-electron chi connectivity index (χ2n) is 3.33. The maximum atomic E-state index is 12.1. The van der Waals surface area contributed by atoms with Crippen LogP contribution < -0.4 is 9.47 Å². The van der Waals surface area contributed by atoms with Crippen LogP contribution in [0.4, 0.5) is 0 Å². The van der Waals surface area contributed by atoms with Gasteiger partial charge in [-0.1, -0.05) is 0 Å². The SMILES string of the molecule is COc1ccc(C(=O)c2ncc[nH]2)c(OC)c1. The number of rotatable bonds is 4. The number of carbonyl (C=O) groups is 1. The second kappa shape index (κ2) is 4.69. The Hall–Kier alpha value is -2.30. The summed E-state index contributed by atoms with van der Waals surface area (Å²) in [5.74, 6) is 1.17. The quantitative estimate of drug-likeness (QED) is 0.814. The van der Waals surface area contributed by atoms with Crippen molar-refractivity contribution in [3.8, 4) is 11.5 Å². The van der Waals surface area contributed by atoms with Crippen molar-refractivity contribution in [2.75, 3.05) is 14.2 Å². The first-order chi connectivity index (χ1) is 8.26. The molecule has 1 heterocycles. The van der Waals surface area contributed by atoms with E-state index in [9.17, 15) is 4.79 Å². The Kier molecular flexibility index (Phi) is 3.09. The smallest absolute Gasteiger partial charge is 0.231 e. The van der Waals surface area contributed by atoms with E-state index in [1.54, 1.807) is 31.5 Å². The highest BCUT2D eigenvalue weighted by atomic mass is 16.5. The summed E-state index contributed by atoms with van der Waals surface area (Å²) in [6, 6.07) is 5.03. The predicted molar refractivity (Wildman–Crippen MR) is 61.6 cm³/mol. The van der Waals surface area contributed by atoms with Crippen molar-refractivity contribution in [2.45, 2.75) is 0 Å². The summed E-state index contributed by atoms with van der Waals surface area (Å²) in [5, 5.41) is 0. The van der Waals surface area contributed by atoms with Crippen LogP contribution in [-0.2, 0) is 0 Å². The number of hydrogen-bond donors (Lipinski definition) is 1. The number of imidazole rings is 1. The molecule has 0 aliphatic heterocycles. The largest absolute Gasteiger partial charge is 0.497 e. The highest BCUT2D eigenvalue weighted by Gasteiger charge is 2.16. The molecule has 0 spiro atoms. The molecule has 1 aromatic carbocycles. The number of aromatic nitrogens is 2. The molecule has 0 saturated heterocycles. The van der Waals surface area contributed by atoms with Crippen LogP contribution in [0.5, 0.6) is 11.5 Å². The lowest BCUT2D eigenvalue weighted by Crippen LogP contribution is -2.06. The molecule has 5 heteroatoms. The molecular formula is C12H12N2O3. The maximum absolute atomic E-state index is 12.1. The number of benzene rings is 1. The molecule has 5 nitrogen and oxygen atoms in total. The number of methoxy groups -OCH3 is 2. The molecule has 1 aromatic heterocycles. The number of H-pyrrole nitrogens is 1.